The third-order valence-corrected chi connectivity index (χ3v) is 7.91. The number of fused-ring (bicyclic) bond motifs is 2. The van der Waals surface area contributed by atoms with E-state index in [0.29, 0.717) is 39.8 Å². The predicted octanol–water partition coefficient (Wildman–Crippen LogP) is 4.48. The molecule has 3 heterocycles. The summed E-state index contributed by atoms with van der Waals surface area (Å²) in [6, 6.07) is 17.2. The summed E-state index contributed by atoms with van der Waals surface area (Å²) in [7, 11) is 0. The van der Waals surface area contributed by atoms with E-state index in [9.17, 15) is 19.5 Å². The Kier molecular flexibility index (Phi) is 6.48. The summed E-state index contributed by atoms with van der Waals surface area (Å²) in [5.41, 5.74) is 2.12. The number of hydrogen-bond acceptors (Lipinski definition) is 6. The average Bonchev–Trinajstić information content (AvgIpc) is 3.16. The van der Waals surface area contributed by atoms with Crippen LogP contribution in [-0.2, 0) is 13.1 Å². The number of hydrogen-bond donors (Lipinski definition) is 1. The molecule has 0 aliphatic carbocycles. The van der Waals surface area contributed by atoms with Gasteiger partial charge in [0.2, 0.25) is 0 Å². The molecule has 9 heteroatoms. The minimum absolute atomic E-state index is 0.161. The molecule has 38 heavy (non-hydrogen) atoms. The van der Waals surface area contributed by atoms with Crippen molar-refractivity contribution in [3.63, 3.8) is 0 Å². The molecule has 4 aromatic rings. The number of piperidine rings is 1. The molecule has 2 aliphatic heterocycles. The van der Waals surface area contributed by atoms with Gasteiger partial charge >= 0.3 is 0 Å². The summed E-state index contributed by atoms with van der Waals surface area (Å²) in [5, 5.41) is 11.1. The molecule has 2 aliphatic rings. The molecule has 0 atom stereocenters. The second-order valence-electron chi connectivity index (χ2n) is 9.72. The SMILES string of the molecule is O=C1c2ccccc2C(=O)N1Cc1nc2ccc(I)cc2c(=O)n1-c1ccc(O)c(CN2CCCCC2)c1. The Morgan fingerprint density at radius 3 is 2.26 bits per heavy atom. The largest absolute Gasteiger partial charge is 0.508 e. The number of aromatic hydroxyl groups is 1. The summed E-state index contributed by atoms with van der Waals surface area (Å²) >= 11 is 2.15. The smallest absolute Gasteiger partial charge is 0.266 e. The molecule has 2 amide bonds. The highest BCUT2D eigenvalue weighted by atomic mass is 127. The van der Waals surface area contributed by atoms with Gasteiger partial charge in [-0.1, -0.05) is 18.6 Å². The maximum atomic E-state index is 13.9. The Balaban J connectivity index is 1.47. The molecule has 0 radical (unpaired) electrons. The van der Waals surface area contributed by atoms with Gasteiger partial charge in [0.1, 0.15) is 11.6 Å². The van der Waals surface area contributed by atoms with Crippen LogP contribution in [0.15, 0.2) is 65.5 Å². The summed E-state index contributed by atoms with van der Waals surface area (Å²) in [6.45, 7) is 2.34. The minimum atomic E-state index is -0.411. The highest BCUT2D eigenvalue weighted by Crippen LogP contribution is 2.27. The molecule has 1 fully saturated rings. The molecule has 8 nitrogen and oxygen atoms in total. The number of imide groups is 1. The molecule has 0 unspecified atom stereocenters. The van der Waals surface area contributed by atoms with Crippen molar-refractivity contribution >= 4 is 45.3 Å². The molecule has 1 saturated heterocycles. The van der Waals surface area contributed by atoms with Crippen LogP contribution in [0.4, 0.5) is 0 Å². The Bertz CT molecular complexity index is 1620. The summed E-state index contributed by atoms with van der Waals surface area (Å²) in [6.07, 6.45) is 3.45. The van der Waals surface area contributed by atoms with E-state index < -0.39 is 11.8 Å². The molecular weight excluding hydrogens is 595 g/mol. The topological polar surface area (TPSA) is 95.7 Å². The lowest BCUT2D eigenvalue weighted by molar-refractivity contribution is 0.0637. The van der Waals surface area contributed by atoms with E-state index in [-0.39, 0.29) is 23.7 Å². The number of halogens is 1. The van der Waals surface area contributed by atoms with Crippen LogP contribution in [-0.4, -0.2) is 49.4 Å². The first-order chi connectivity index (χ1) is 18.4. The number of phenols is 1. The van der Waals surface area contributed by atoms with Crippen molar-refractivity contribution in [2.75, 3.05) is 13.1 Å². The van der Waals surface area contributed by atoms with E-state index in [1.165, 1.54) is 11.0 Å². The number of rotatable bonds is 5. The molecule has 192 valence electrons. The van der Waals surface area contributed by atoms with Gasteiger partial charge in [-0.2, -0.15) is 0 Å². The van der Waals surface area contributed by atoms with E-state index in [4.69, 9.17) is 4.98 Å². The highest BCUT2D eigenvalue weighted by Gasteiger charge is 2.36. The molecule has 1 N–H and O–H groups in total. The second-order valence-corrected chi connectivity index (χ2v) is 11.0. The van der Waals surface area contributed by atoms with Gasteiger partial charge in [-0.25, -0.2) is 4.98 Å². The van der Waals surface area contributed by atoms with Gasteiger partial charge in [0, 0.05) is 15.7 Å². The van der Waals surface area contributed by atoms with Crippen LogP contribution in [0.1, 0.15) is 51.4 Å². The van der Waals surface area contributed by atoms with E-state index in [1.807, 2.05) is 6.07 Å². The normalized spacial score (nSPS) is 15.9. The van der Waals surface area contributed by atoms with Gasteiger partial charge in [0.05, 0.1) is 34.3 Å². The van der Waals surface area contributed by atoms with Gasteiger partial charge in [0.25, 0.3) is 17.4 Å². The Hall–Kier alpha value is -3.57. The number of benzene rings is 3. The molecule has 0 saturated carbocycles. The van der Waals surface area contributed by atoms with Crippen molar-refractivity contribution in [1.82, 2.24) is 19.4 Å². The van der Waals surface area contributed by atoms with Crippen LogP contribution in [0.25, 0.3) is 16.6 Å². The van der Waals surface area contributed by atoms with E-state index in [0.717, 1.165) is 34.4 Å². The van der Waals surface area contributed by atoms with Crippen molar-refractivity contribution < 1.29 is 14.7 Å². The van der Waals surface area contributed by atoms with Crippen LogP contribution in [0.5, 0.6) is 5.75 Å². The quantitative estimate of drug-likeness (QED) is 0.261. The second kappa shape index (κ2) is 9.95. The lowest BCUT2D eigenvalue weighted by Gasteiger charge is -2.27. The lowest BCUT2D eigenvalue weighted by atomic mass is 10.1. The predicted molar refractivity (Wildman–Crippen MR) is 151 cm³/mol. The summed E-state index contributed by atoms with van der Waals surface area (Å²) < 4.78 is 2.35. The number of amides is 2. The van der Waals surface area contributed by atoms with Gasteiger partial charge in [0.15, 0.2) is 0 Å². The Morgan fingerprint density at radius 1 is 0.842 bits per heavy atom. The van der Waals surface area contributed by atoms with E-state index in [1.54, 1.807) is 54.6 Å². The molecule has 0 bridgehead atoms. The van der Waals surface area contributed by atoms with Crippen molar-refractivity contribution in [2.45, 2.75) is 32.4 Å². The lowest BCUT2D eigenvalue weighted by Crippen LogP contribution is -2.34. The first-order valence-electron chi connectivity index (χ1n) is 12.6. The van der Waals surface area contributed by atoms with Gasteiger partial charge in [-0.15, -0.1) is 0 Å². The fourth-order valence-electron chi connectivity index (χ4n) is 5.30. The maximum absolute atomic E-state index is 13.9. The Morgan fingerprint density at radius 2 is 1.55 bits per heavy atom. The van der Waals surface area contributed by atoms with Crippen LogP contribution < -0.4 is 5.56 Å². The number of carbonyl (C=O) groups is 2. The summed E-state index contributed by atoms with van der Waals surface area (Å²) in [5.74, 6) is -0.387. The van der Waals surface area contributed by atoms with Crippen LogP contribution >= 0.6 is 22.6 Å². The minimum Gasteiger partial charge on any atom is -0.508 e. The average molecular weight is 620 g/mol. The number of nitrogens with zero attached hydrogens (tertiary/aromatic N) is 4. The van der Waals surface area contributed by atoms with Crippen molar-refractivity contribution in [2.24, 2.45) is 0 Å². The maximum Gasteiger partial charge on any atom is 0.266 e. The zero-order chi connectivity index (χ0) is 26.4. The first-order valence-corrected chi connectivity index (χ1v) is 13.7. The van der Waals surface area contributed by atoms with Crippen LogP contribution in [0, 0.1) is 3.57 Å². The number of aromatic nitrogens is 2. The zero-order valence-electron chi connectivity index (χ0n) is 20.6. The van der Waals surface area contributed by atoms with Gasteiger partial charge in [-0.05, 0) is 97.1 Å². The van der Waals surface area contributed by atoms with E-state index in [2.05, 4.69) is 27.5 Å². The molecule has 0 spiro atoms. The monoisotopic (exact) mass is 620 g/mol. The van der Waals surface area contributed by atoms with Crippen molar-refractivity contribution in [1.29, 1.82) is 0 Å². The number of likely N-dealkylation sites (tertiary alicyclic amines) is 1. The zero-order valence-corrected chi connectivity index (χ0v) is 22.7. The van der Waals surface area contributed by atoms with Crippen LogP contribution in [0.2, 0.25) is 0 Å². The molecule has 3 aromatic carbocycles. The number of phenolic OH excluding ortho intramolecular Hbond substituents is 1. The van der Waals surface area contributed by atoms with Crippen LogP contribution in [0.3, 0.4) is 0 Å². The number of carbonyl (C=O) groups excluding carboxylic acids is 2. The molecule has 6 rings (SSSR count). The fourth-order valence-corrected chi connectivity index (χ4v) is 5.79. The summed E-state index contributed by atoms with van der Waals surface area (Å²) in [4.78, 5) is 48.3. The van der Waals surface area contributed by atoms with Crippen molar-refractivity contribution in [3.8, 4) is 11.4 Å². The molecular formula is C29H25IN4O4. The van der Waals surface area contributed by atoms with Gasteiger partial charge < -0.3 is 5.11 Å². The van der Waals surface area contributed by atoms with E-state index >= 15 is 0 Å². The third kappa shape index (κ3) is 4.39. The van der Waals surface area contributed by atoms with Crippen molar-refractivity contribution in [3.05, 3.63) is 97.1 Å². The Labute approximate surface area is 232 Å². The van der Waals surface area contributed by atoms with Gasteiger partial charge in [-0.3, -0.25) is 28.8 Å². The first kappa shape index (κ1) is 24.7. The fraction of sp³-hybridized carbons (Fsp3) is 0.241. The third-order valence-electron chi connectivity index (χ3n) is 7.24. The molecule has 1 aromatic heterocycles. The standard InChI is InChI=1S/C29H25IN4O4/c30-19-8-10-24-23(15-19)29(38)34(20-9-11-25(35)18(14-20)16-32-12-4-1-5-13-32)26(31-24)17-33-27(36)21-6-2-3-7-22(21)28(33)37/h2-3,6-11,14-15,35H,1,4-5,12-13,16-17H2. The highest BCUT2D eigenvalue weighted by molar-refractivity contribution is 14.1.